The zero-order valence-corrected chi connectivity index (χ0v) is 10.4. The number of hydrogen-bond acceptors (Lipinski definition) is 3. The van der Waals surface area contributed by atoms with Crippen LogP contribution in [0.4, 0.5) is 4.39 Å². The molecule has 3 nitrogen and oxygen atoms in total. The van der Waals surface area contributed by atoms with E-state index in [1.165, 1.54) is 6.07 Å². The summed E-state index contributed by atoms with van der Waals surface area (Å²) >= 11 is 0. The second-order valence-corrected chi connectivity index (χ2v) is 4.96. The molecule has 18 heavy (non-hydrogen) atoms. The molecule has 0 bridgehead atoms. The van der Waals surface area contributed by atoms with Crippen molar-refractivity contribution in [3.05, 3.63) is 35.6 Å². The number of hydrogen-bond donors (Lipinski definition) is 2. The number of aliphatic hydroxyl groups is 2. The standard InChI is InChI=1S/C14H20FNO2/c15-13-4-2-1-3-12(13)14(18)9-16-7-5-11(10-17)6-8-16/h1-4,11,14,17-18H,5-10H2. The molecule has 1 heterocycles. The molecule has 0 spiro atoms. The van der Waals surface area contributed by atoms with Gasteiger partial charge in [-0.15, -0.1) is 0 Å². The van der Waals surface area contributed by atoms with E-state index in [9.17, 15) is 9.50 Å². The molecular formula is C14H20FNO2. The highest BCUT2D eigenvalue weighted by Gasteiger charge is 2.21. The molecule has 1 fully saturated rings. The average Bonchev–Trinajstić information content (AvgIpc) is 2.40. The number of nitrogens with zero attached hydrogens (tertiary/aromatic N) is 1. The predicted molar refractivity (Wildman–Crippen MR) is 67.6 cm³/mol. The van der Waals surface area contributed by atoms with E-state index in [-0.39, 0.29) is 12.4 Å². The Morgan fingerprint density at radius 2 is 1.94 bits per heavy atom. The number of piperidine rings is 1. The van der Waals surface area contributed by atoms with Crippen LogP contribution in [0, 0.1) is 11.7 Å². The molecule has 100 valence electrons. The Hall–Kier alpha value is -0.970. The molecule has 0 aromatic heterocycles. The Morgan fingerprint density at radius 1 is 1.28 bits per heavy atom. The largest absolute Gasteiger partial charge is 0.396 e. The van der Waals surface area contributed by atoms with E-state index in [4.69, 9.17) is 5.11 Å². The fraction of sp³-hybridized carbons (Fsp3) is 0.571. The van der Waals surface area contributed by atoms with Gasteiger partial charge in [0.15, 0.2) is 0 Å². The van der Waals surface area contributed by atoms with Crippen LogP contribution in [0.1, 0.15) is 24.5 Å². The molecule has 1 aliphatic rings. The fourth-order valence-electron chi connectivity index (χ4n) is 2.44. The zero-order valence-electron chi connectivity index (χ0n) is 10.4. The smallest absolute Gasteiger partial charge is 0.129 e. The lowest BCUT2D eigenvalue weighted by atomic mass is 9.97. The van der Waals surface area contributed by atoms with Gasteiger partial charge in [-0.25, -0.2) is 4.39 Å². The van der Waals surface area contributed by atoms with Gasteiger partial charge in [-0.1, -0.05) is 18.2 Å². The molecular weight excluding hydrogens is 233 g/mol. The van der Waals surface area contributed by atoms with Gasteiger partial charge in [-0.3, -0.25) is 0 Å². The van der Waals surface area contributed by atoms with Crippen LogP contribution in [0.3, 0.4) is 0 Å². The van der Waals surface area contributed by atoms with Gasteiger partial charge in [0.25, 0.3) is 0 Å². The van der Waals surface area contributed by atoms with Gasteiger partial charge < -0.3 is 15.1 Å². The molecule has 1 aliphatic heterocycles. The van der Waals surface area contributed by atoms with E-state index in [1.54, 1.807) is 18.2 Å². The average molecular weight is 253 g/mol. The van der Waals surface area contributed by atoms with Crippen LogP contribution < -0.4 is 0 Å². The van der Waals surface area contributed by atoms with E-state index in [0.717, 1.165) is 25.9 Å². The normalized spacial score (nSPS) is 19.9. The fourth-order valence-corrected chi connectivity index (χ4v) is 2.44. The Labute approximate surface area is 107 Å². The van der Waals surface area contributed by atoms with E-state index in [0.29, 0.717) is 18.0 Å². The quantitative estimate of drug-likeness (QED) is 0.856. The summed E-state index contributed by atoms with van der Waals surface area (Å²) in [6, 6.07) is 6.36. The first-order valence-corrected chi connectivity index (χ1v) is 6.46. The van der Waals surface area contributed by atoms with Gasteiger partial charge in [0.2, 0.25) is 0 Å². The highest BCUT2D eigenvalue weighted by molar-refractivity contribution is 5.20. The lowest BCUT2D eigenvalue weighted by Gasteiger charge is -2.32. The number of halogens is 1. The molecule has 1 atom stereocenters. The van der Waals surface area contributed by atoms with Gasteiger partial charge >= 0.3 is 0 Å². The van der Waals surface area contributed by atoms with Crippen molar-refractivity contribution in [2.75, 3.05) is 26.2 Å². The summed E-state index contributed by atoms with van der Waals surface area (Å²) in [7, 11) is 0. The van der Waals surface area contributed by atoms with Crippen LogP contribution in [-0.4, -0.2) is 41.4 Å². The van der Waals surface area contributed by atoms with Crippen molar-refractivity contribution in [2.24, 2.45) is 5.92 Å². The topological polar surface area (TPSA) is 43.7 Å². The molecule has 0 amide bonds. The number of likely N-dealkylation sites (tertiary alicyclic amines) is 1. The molecule has 1 aromatic carbocycles. The minimum Gasteiger partial charge on any atom is -0.396 e. The highest BCUT2D eigenvalue weighted by Crippen LogP contribution is 2.21. The second-order valence-electron chi connectivity index (χ2n) is 4.96. The maximum Gasteiger partial charge on any atom is 0.129 e. The first kappa shape index (κ1) is 13.5. The van der Waals surface area contributed by atoms with Crippen molar-refractivity contribution in [1.82, 2.24) is 4.90 Å². The van der Waals surface area contributed by atoms with Gasteiger partial charge in [-0.05, 0) is 37.9 Å². The van der Waals surface area contributed by atoms with Crippen LogP contribution in [-0.2, 0) is 0 Å². The minimum atomic E-state index is -0.781. The summed E-state index contributed by atoms with van der Waals surface area (Å²) in [5.41, 5.74) is 0.363. The van der Waals surface area contributed by atoms with Crippen LogP contribution in [0.5, 0.6) is 0 Å². The Kier molecular flexibility index (Phi) is 4.69. The van der Waals surface area contributed by atoms with Crippen molar-refractivity contribution in [2.45, 2.75) is 18.9 Å². The molecule has 2 rings (SSSR count). The van der Waals surface area contributed by atoms with Gasteiger partial charge in [0.05, 0.1) is 6.10 Å². The third-order valence-corrected chi connectivity index (χ3v) is 3.66. The van der Waals surface area contributed by atoms with Crippen molar-refractivity contribution in [1.29, 1.82) is 0 Å². The summed E-state index contributed by atoms with van der Waals surface area (Å²) in [4.78, 5) is 2.13. The zero-order chi connectivity index (χ0) is 13.0. The maximum absolute atomic E-state index is 13.5. The van der Waals surface area contributed by atoms with Gasteiger partial charge in [0.1, 0.15) is 5.82 Å². The van der Waals surface area contributed by atoms with E-state index in [2.05, 4.69) is 4.90 Å². The van der Waals surface area contributed by atoms with E-state index in [1.807, 2.05) is 0 Å². The third kappa shape index (κ3) is 3.28. The molecule has 0 radical (unpaired) electrons. The first-order chi connectivity index (χ1) is 8.70. The van der Waals surface area contributed by atoms with Crippen LogP contribution in [0.15, 0.2) is 24.3 Å². The molecule has 2 N–H and O–H groups in total. The molecule has 1 saturated heterocycles. The van der Waals surface area contributed by atoms with E-state index < -0.39 is 6.10 Å². The van der Waals surface area contributed by atoms with Crippen LogP contribution in [0.2, 0.25) is 0 Å². The molecule has 1 aromatic rings. The lowest BCUT2D eigenvalue weighted by molar-refractivity contribution is 0.0746. The summed E-state index contributed by atoms with van der Waals surface area (Å²) in [5, 5.41) is 19.1. The summed E-state index contributed by atoms with van der Waals surface area (Å²) in [6.45, 7) is 2.41. The lowest BCUT2D eigenvalue weighted by Crippen LogP contribution is -2.37. The number of aliphatic hydroxyl groups excluding tert-OH is 2. The van der Waals surface area contributed by atoms with Crippen molar-refractivity contribution in [3.8, 4) is 0 Å². The number of β-amino-alcohol motifs (C(OH)–C–C–N with tert-alkyl or cyclic N) is 1. The summed E-state index contributed by atoms with van der Waals surface area (Å²) in [5.74, 6) is 0.0297. The Bertz CT molecular complexity index is 378. The Balaban J connectivity index is 1.89. The van der Waals surface area contributed by atoms with Gasteiger partial charge in [-0.2, -0.15) is 0 Å². The summed E-state index contributed by atoms with van der Waals surface area (Å²) < 4.78 is 13.5. The SMILES string of the molecule is OCC1CCN(CC(O)c2ccccc2F)CC1. The van der Waals surface area contributed by atoms with E-state index >= 15 is 0 Å². The van der Waals surface area contributed by atoms with Crippen molar-refractivity contribution < 1.29 is 14.6 Å². The van der Waals surface area contributed by atoms with Crippen molar-refractivity contribution >= 4 is 0 Å². The number of rotatable bonds is 4. The first-order valence-electron chi connectivity index (χ1n) is 6.46. The molecule has 1 unspecified atom stereocenters. The van der Waals surface area contributed by atoms with Crippen molar-refractivity contribution in [3.63, 3.8) is 0 Å². The molecule has 0 saturated carbocycles. The Morgan fingerprint density at radius 3 is 2.56 bits per heavy atom. The predicted octanol–water partition coefficient (Wildman–Crippen LogP) is 1.56. The molecule has 0 aliphatic carbocycles. The number of benzene rings is 1. The molecule has 4 heteroatoms. The maximum atomic E-state index is 13.5. The third-order valence-electron chi connectivity index (χ3n) is 3.66. The van der Waals surface area contributed by atoms with Crippen LogP contribution in [0.25, 0.3) is 0 Å². The van der Waals surface area contributed by atoms with Gasteiger partial charge in [0, 0.05) is 18.7 Å². The second kappa shape index (κ2) is 6.27. The minimum absolute atomic E-state index is 0.240. The summed E-state index contributed by atoms with van der Waals surface area (Å²) in [6.07, 6.45) is 1.11. The highest BCUT2D eigenvalue weighted by atomic mass is 19.1. The monoisotopic (exact) mass is 253 g/mol. The van der Waals surface area contributed by atoms with Crippen LogP contribution >= 0.6 is 0 Å².